The van der Waals surface area contributed by atoms with Crippen LogP contribution in [0.1, 0.15) is 13.8 Å². The zero-order valence-electron chi connectivity index (χ0n) is 8.04. The van der Waals surface area contributed by atoms with Gasteiger partial charge in [0, 0.05) is 6.92 Å². The quantitative estimate of drug-likeness (QED) is 0.464. The number of aliphatic hydroxyl groups is 2. The average Bonchev–Trinajstić information content (AvgIpc) is 2.12. The summed E-state index contributed by atoms with van der Waals surface area (Å²) in [6.45, 7) is 3.14. The lowest BCUT2D eigenvalue weighted by atomic mass is 10.0. The lowest BCUT2D eigenvalue weighted by Crippen LogP contribution is -2.55. The van der Waals surface area contributed by atoms with Crippen molar-refractivity contribution in [1.82, 2.24) is 5.32 Å². The summed E-state index contributed by atoms with van der Waals surface area (Å²) in [7, 11) is 0. The molecule has 0 rings (SSSR count). The standard InChI is InChI=1S/C8H17NO4/c1-3-9-8(4-10,5-11)6-13-7(2)12/h9-11H,3-6H2,1-2H3. The Bertz CT molecular complexity index is 156. The van der Waals surface area contributed by atoms with Crippen molar-refractivity contribution < 1.29 is 19.7 Å². The number of aliphatic hydroxyl groups excluding tert-OH is 2. The summed E-state index contributed by atoms with van der Waals surface area (Å²) in [5.74, 6) is -0.427. The van der Waals surface area contributed by atoms with Crippen LogP contribution in [0.2, 0.25) is 0 Å². The Hall–Kier alpha value is -0.650. The van der Waals surface area contributed by atoms with Crippen molar-refractivity contribution in [3.63, 3.8) is 0 Å². The van der Waals surface area contributed by atoms with E-state index >= 15 is 0 Å². The summed E-state index contributed by atoms with van der Waals surface area (Å²) in [5, 5.41) is 20.9. The highest BCUT2D eigenvalue weighted by Crippen LogP contribution is 2.03. The van der Waals surface area contributed by atoms with E-state index in [0.717, 1.165) is 0 Å². The molecule has 0 radical (unpaired) electrons. The zero-order chi connectivity index (χ0) is 10.3. The molecule has 0 saturated carbocycles. The van der Waals surface area contributed by atoms with E-state index in [-0.39, 0.29) is 19.8 Å². The van der Waals surface area contributed by atoms with Crippen molar-refractivity contribution in [3.05, 3.63) is 0 Å². The van der Waals surface area contributed by atoms with Gasteiger partial charge in [-0.25, -0.2) is 0 Å². The van der Waals surface area contributed by atoms with Crippen molar-refractivity contribution in [2.75, 3.05) is 26.4 Å². The maximum absolute atomic E-state index is 10.5. The van der Waals surface area contributed by atoms with Gasteiger partial charge in [-0.05, 0) is 6.54 Å². The van der Waals surface area contributed by atoms with Crippen LogP contribution in [0, 0.1) is 0 Å². The van der Waals surface area contributed by atoms with Crippen LogP contribution in [0.5, 0.6) is 0 Å². The van der Waals surface area contributed by atoms with Crippen LogP contribution in [0.3, 0.4) is 0 Å². The first-order valence-corrected chi connectivity index (χ1v) is 4.20. The van der Waals surface area contributed by atoms with E-state index < -0.39 is 11.5 Å². The van der Waals surface area contributed by atoms with Gasteiger partial charge in [-0.3, -0.25) is 4.79 Å². The fourth-order valence-corrected chi connectivity index (χ4v) is 0.919. The number of nitrogens with one attached hydrogen (secondary N) is 1. The first-order chi connectivity index (χ1) is 6.10. The Morgan fingerprint density at radius 1 is 1.46 bits per heavy atom. The molecule has 0 aromatic rings. The number of carbonyl (C=O) groups excluding carboxylic acids is 1. The van der Waals surface area contributed by atoms with Gasteiger partial charge in [0.1, 0.15) is 6.61 Å². The van der Waals surface area contributed by atoms with Crippen molar-refractivity contribution in [1.29, 1.82) is 0 Å². The molecule has 0 unspecified atom stereocenters. The van der Waals surface area contributed by atoms with Gasteiger partial charge < -0.3 is 20.3 Å². The lowest BCUT2D eigenvalue weighted by molar-refractivity contribution is -0.144. The van der Waals surface area contributed by atoms with E-state index in [0.29, 0.717) is 6.54 Å². The number of hydrogen-bond donors (Lipinski definition) is 3. The molecule has 0 spiro atoms. The number of esters is 1. The maximum atomic E-state index is 10.5. The average molecular weight is 191 g/mol. The normalized spacial score (nSPS) is 11.4. The largest absolute Gasteiger partial charge is 0.464 e. The molecule has 0 aliphatic heterocycles. The summed E-state index contributed by atoms with van der Waals surface area (Å²) in [6, 6.07) is 0. The minimum absolute atomic E-state index is 0.0246. The molecule has 5 heteroatoms. The molecule has 0 aliphatic rings. The van der Waals surface area contributed by atoms with Crippen LogP contribution < -0.4 is 5.32 Å². The molecule has 0 heterocycles. The van der Waals surface area contributed by atoms with E-state index in [1.54, 1.807) is 0 Å². The van der Waals surface area contributed by atoms with Gasteiger partial charge in [0.15, 0.2) is 0 Å². The smallest absolute Gasteiger partial charge is 0.302 e. The fourth-order valence-electron chi connectivity index (χ4n) is 0.919. The van der Waals surface area contributed by atoms with Crippen LogP contribution in [0.4, 0.5) is 0 Å². The second-order valence-corrected chi connectivity index (χ2v) is 2.91. The van der Waals surface area contributed by atoms with E-state index in [1.165, 1.54) is 6.92 Å². The third kappa shape index (κ3) is 4.21. The first-order valence-electron chi connectivity index (χ1n) is 4.20. The molecule has 0 aliphatic carbocycles. The van der Waals surface area contributed by atoms with Crippen LogP contribution in [-0.2, 0) is 9.53 Å². The highest BCUT2D eigenvalue weighted by molar-refractivity contribution is 5.65. The Morgan fingerprint density at radius 3 is 2.31 bits per heavy atom. The van der Waals surface area contributed by atoms with Gasteiger partial charge in [0.2, 0.25) is 0 Å². The SMILES string of the molecule is CCNC(CO)(CO)COC(C)=O. The molecule has 78 valence electrons. The van der Waals surface area contributed by atoms with E-state index in [9.17, 15) is 4.79 Å². The molecule has 13 heavy (non-hydrogen) atoms. The molecule has 0 bridgehead atoms. The Morgan fingerprint density at radius 2 is 2.00 bits per heavy atom. The van der Waals surface area contributed by atoms with Crippen LogP contribution in [0.25, 0.3) is 0 Å². The molecule has 0 aromatic carbocycles. The van der Waals surface area contributed by atoms with E-state index in [2.05, 4.69) is 5.32 Å². The number of rotatable bonds is 6. The van der Waals surface area contributed by atoms with Gasteiger partial charge in [-0.2, -0.15) is 0 Å². The van der Waals surface area contributed by atoms with E-state index in [4.69, 9.17) is 14.9 Å². The van der Waals surface area contributed by atoms with Gasteiger partial charge in [-0.1, -0.05) is 6.92 Å². The molecule has 0 fully saturated rings. The maximum Gasteiger partial charge on any atom is 0.302 e. The number of ether oxygens (including phenoxy) is 1. The highest BCUT2D eigenvalue weighted by atomic mass is 16.5. The third-order valence-electron chi connectivity index (χ3n) is 1.71. The minimum Gasteiger partial charge on any atom is -0.464 e. The van der Waals surface area contributed by atoms with Crippen molar-refractivity contribution >= 4 is 5.97 Å². The van der Waals surface area contributed by atoms with Crippen molar-refractivity contribution in [3.8, 4) is 0 Å². The topological polar surface area (TPSA) is 78.8 Å². The second kappa shape index (κ2) is 5.90. The molecule has 0 saturated heterocycles. The van der Waals surface area contributed by atoms with Gasteiger partial charge >= 0.3 is 5.97 Å². The Balaban J connectivity index is 4.12. The third-order valence-corrected chi connectivity index (χ3v) is 1.71. The van der Waals surface area contributed by atoms with Crippen LogP contribution in [0.15, 0.2) is 0 Å². The monoisotopic (exact) mass is 191 g/mol. The number of carbonyl (C=O) groups is 1. The molecule has 5 nitrogen and oxygen atoms in total. The molecule has 3 N–H and O–H groups in total. The predicted octanol–water partition coefficient (Wildman–Crippen LogP) is -1.12. The first kappa shape index (κ1) is 12.3. The lowest BCUT2D eigenvalue weighted by Gasteiger charge is -2.29. The zero-order valence-corrected chi connectivity index (χ0v) is 8.04. The Labute approximate surface area is 77.7 Å². The predicted molar refractivity (Wildman–Crippen MR) is 47.2 cm³/mol. The molecular weight excluding hydrogens is 174 g/mol. The molecule has 0 aromatic heterocycles. The van der Waals surface area contributed by atoms with Crippen LogP contribution in [-0.4, -0.2) is 48.1 Å². The fraction of sp³-hybridized carbons (Fsp3) is 0.875. The Kier molecular flexibility index (Phi) is 5.61. The summed E-state index contributed by atoms with van der Waals surface area (Å²) in [4.78, 5) is 10.5. The van der Waals surface area contributed by atoms with Gasteiger partial charge in [0.25, 0.3) is 0 Å². The van der Waals surface area contributed by atoms with E-state index in [1.807, 2.05) is 6.92 Å². The van der Waals surface area contributed by atoms with Crippen molar-refractivity contribution in [2.45, 2.75) is 19.4 Å². The number of hydrogen-bond acceptors (Lipinski definition) is 5. The van der Waals surface area contributed by atoms with Crippen LogP contribution >= 0.6 is 0 Å². The number of likely N-dealkylation sites (N-methyl/N-ethyl adjacent to an activating group) is 1. The summed E-state index contributed by atoms with van der Waals surface area (Å²) in [6.07, 6.45) is 0. The summed E-state index contributed by atoms with van der Waals surface area (Å²) >= 11 is 0. The van der Waals surface area contributed by atoms with Gasteiger partial charge in [-0.15, -0.1) is 0 Å². The highest BCUT2D eigenvalue weighted by Gasteiger charge is 2.28. The molecule has 0 atom stereocenters. The second-order valence-electron chi connectivity index (χ2n) is 2.91. The molecule has 0 amide bonds. The summed E-state index contributed by atoms with van der Waals surface area (Å²) < 4.78 is 4.72. The molecular formula is C8H17NO4. The minimum atomic E-state index is -0.916. The summed E-state index contributed by atoms with van der Waals surface area (Å²) in [5.41, 5.74) is -0.916. The van der Waals surface area contributed by atoms with Gasteiger partial charge in [0.05, 0.1) is 18.8 Å². The van der Waals surface area contributed by atoms with Crippen molar-refractivity contribution in [2.24, 2.45) is 0 Å².